The predicted molar refractivity (Wildman–Crippen MR) is 108 cm³/mol. The molecule has 2 aromatic rings. The maximum atomic E-state index is 13.3. The van der Waals surface area contributed by atoms with Crippen molar-refractivity contribution in [3.8, 4) is 0 Å². The van der Waals surface area contributed by atoms with Gasteiger partial charge in [-0.25, -0.2) is 0 Å². The molecule has 0 saturated heterocycles. The summed E-state index contributed by atoms with van der Waals surface area (Å²) < 4.78 is 0. The van der Waals surface area contributed by atoms with E-state index in [9.17, 15) is 14.7 Å². The number of likely N-dealkylation sites (N-methyl/N-ethyl adjacent to an activating group) is 1. The van der Waals surface area contributed by atoms with Crippen LogP contribution in [0.2, 0.25) is 0 Å². The molecule has 5 nitrogen and oxygen atoms in total. The number of hydrogen-bond acceptors (Lipinski definition) is 3. The first-order valence-corrected chi connectivity index (χ1v) is 10.3. The summed E-state index contributed by atoms with van der Waals surface area (Å²) in [5.41, 5.74) is 1.51. The number of carbonyl (C=O) groups is 2. The van der Waals surface area contributed by atoms with Gasteiger partial charge in [0, 0.05) is 24.0 Å². The molecule has 0 spiro atoms. The summed E-state index contributed by atoms with van der Waals surface area (Å²) >= 11 is 0. The van der Waals surface area contributed by atoms with Gasteiger partial charge in [-0.05, 0) is 62.0 Å². The van der Waals surface area contributed by atoms with Crippen LogP contribution in [0.1, 0.15) is 43.0 Å². The van der Waals surface area contributed by atoms with Gasteiger partial charge in [-0.3, -0.25) is 14.5 Å². The normalized spacial score (nSPS) is 29.4. The first-order valence-electron chi connectivity index (χ1n) is 10.3. The molecule has 2 aromatic carbocycles. The lowest BCUT2D eigenvalue weighted by Crippen LogP contribution is -2.50. The lowest BCUT2D eigenvalue weighted by atomic mass is 10.0. The number of anilines is 1. The summed E-state index contributed by atoms with van der Waals surface area (Å²) in [5.74, 6) is 0.949. The van der Waals surface area contributed by atoms with E-state index in [2.05, 4.69) is 0 Å². The van der Waals surface area contributed by atoms with E-state index in [0.29, 0.717) is 17.4 Å². The number of nitrogens with zero attached hydrogens (tertiary/aromatic N) is 2. The van der Waals surface area contributed by atoms with Crippen molar-refractivity contribution in [1.29, 1.82) is 0 Å². The van der Waals surface area contributed by atoms with E-state index in [0.717, 1.165) is 42.1 Å². The number of fused-ring (bicyclic) bond motifs is 1. The molecule has 0 radical (unpaired) electrons. The maximum Gasteiger partial charge on any atom is 0.259 e. The topological polar surface area (TPSA) is 60.9 Å². The molecule has 1 aliphatic heterocycles. The molecule has 146 valence electrons. The number of hydrogen-bond donors (Lipinski definition) is 1. The highest BCUT2D eigenvalue weighted by Gasteiger charge is 2.44. The van der Waals surface area contributed by atoms with Gasteiger partial charge in [0.1, 0.15) is 6.04 Å². The zero-order valence-corrected chi connectivity index (χ0v) is 16.3. The molecule has 5 heteroatoms. The Morgan fingerprint density at radius 1 is 1.11 bits per heavy atom. The molecule has 3 aliphatic rings. The second kappa shape index (κ2) is 6.31. The van der Waals surface area contributed by atoms with E-state index in [1.54, 1.807) is 4.90 Å². The van der Waals surface area contributed by atoms with Crippen LogP contribution < -0.4 is 4.90 Å². The SMILES string of the molecule is CC(C(=O)N(C)C1C[C@H]2CC(O)C[C@H]2C1)N1C(=O)c2cccc3cccc1c23. The zero-order chi connectivity index (χ0) is 19.6. The average molecular weight is 378 g/mol. The molecule has 2 amide bonds. The van der Waals surface area contributed by atoms with Gasteiger partial charge in [0.15, 0.2) is 0 Å². The first kappa shape index (κ1) is 17.7. The van der Waals surface area contributed by atoms with E-state index >= 15 is 0 Å². The Morgan fingerprint density at radius 3 is 2.43 bits per heavy atom. The van der Waals surface area contributed by atoms with Crippen molar-refractivity contribution in [2.75, 3.05) is 11.9 Å². The Labute approximate surface area is 164 Å². The molecular weight excluding hydrogens is 352 g/mol. The van der Waals surface area contributed by atoms with E-state index in [1.165, 1.54) is 0 Å². The number of benzene rings is 2. The van der Waals surface area contributed by atoms with Crippen LogP contribution in [0.4, 0.5) is 5.69 Å². The lowest BCUT2D eigenvalue weighted by Gasteiger charge is -2.32. The molecule has 1 N–H and O–H groups in total. The van der Waals surface area contributed by atoms with Crippen molar-refractivity contribution in [3.63, 3.8) is 0 Å². The highest BCUT2D eigenvalue weighted by atomic mass is 16.3. The van der Waals surface area contributed by atoms with Crippen molar-refractivity contribution in [1.82, 2.24) is 4.90 Å². The Morgan fingerprint density at radius 2 is 1.75 bits per heavy atom. The third kappa shape index (κ3) is 2.49. The number of aliphatic hydroxyl groups is 1. The molecule has 2 aliphatic carbocycles. The van der Waals surface area contributed by atoms with Gasteiger partial charge in [-0.15, -0.1) is 0 Å². The van der Waals surface area contributed by atoms with Gasteiger partial charge in [-0.2, -0.15) is 0 Å². The van der Waals surface area contributed by atoms with E-state index in [4.69, 9.17) is 0 Å². The highest BCUT2D eigenvalue weighted by molar-refractivity contribution is 6.26. The molecule has 28 heavy (non-hydrogen) atoms. The van der Waals surface area contributed by atoms with Crippen LogP contribution in [0.3, 0.4) is 0 Å². The van der Waals surface area contributed by atoms with Gasteiger partial charge < -0.3 is 10.0 Å². The molecule has 2 saturated carbocycles. The van der Waals surface area contributed by atoms with Gasteiger partial charge in [0.05, 0.1) is 11.8 Å². The van der Waals surface area contributed by atoms with E-state index in [-0.39, 0.29) is 24.0 Å². The summed E-state index contributed by atoms with van der Waals surface area (Å²) in [5, 5.41) is 11.8. The Hall–Kier alpha value is -2.40. The van der Waals surface area contributed by atoms with Gasteiger partial charge in [-0.1, -0.05) is 24.3 Å². The molecule has 1 heterocycles. The molecule has 3 unspecified atom stereocenters. The second-order valence-electron chi connectivity index (χ2n) is 8.75. The molecule has 2 fully saturated rings. The lowest BCUT2D eigenvalue weighted by molar-refractivity contribution is -0.133. The second-order valence-corrected chi connectivity index (χ2v) is 8.75. The summed E-state index contributed by atoms with van der Waals surface area (Å²) in [4.78, 5) is 29.9. The molecule has 5 atom stereocenters. The van der Waals surface area contributed by atoms with Crippen molar-refractivity contribution >= 4 is 28.3 Å². The monoisotopic (exact) mass is 378 g/mol. The fourth-order valence-corrected chi connectivity index (χ4v) is 5.78. The van der Waals surface area contributed by atoms with Crippen LogP contribution in [0.15, 0.2) is 36.4 Å². The van der Waals surface area contributed by atoms with Crippen molar-refractivity contribution in [2.45, 2.75) is 50.8 Å². The Kier molecular flexibility index (Phi) is 3.98. The third-order valence-corrected chi connectivity index (χ3v) is 7.20. The number of aliphatic hydroxyl groups excluding tert-OH is 1. The van der Waals surface area contributed by atoms with Gasteiger partial charge in [0.2, 0.25) is 5.91 Å². The Balaban J connectivity index is 1.38. The fourth-order valence-electron chi connectivity index (χ4n) is 5.78. The predicted octanol–water partition coefficient (Wildman–Crippen LogP) is 3.20. The van der Waals surface area contributed by atoms with Crippen molar-refractivity contribution in [2.24, 2.45) is 11.8 Å². The van der Waals surface area contributed by atoms with Crippen LogP contribution in [-0.2, 0) is 4.79 Å². The summed E-state index contributed by atoms with van der Waals surface area (Å²) in [6.07, 6.45) is 3.47. The molecule has 5 rings (SSSR count). The smallest absolute Gasteiger partial charge is 0.259 e. The standard InChI is InChI=1S/C23H26N2O3/c1-13(22(27)24(2)17-9-15-11-18(26)12-16(15)10-17)25-20-8-4-6-14-5-3-7-19(21(14)20)23(25)28/h3-8,13,15-18,26H,9-12H2,1-2H3/t13?,15-,16+,17?,18?. The maximum absolute atomic E-state index is 13.3. The Bertz CT molecular complexity index is 952. The van der Waals surface area contributed by atoms with Crippen LogP contribution in [0.25, 0.3) is 10.8 Å². The minimum absolute atomic E-state index is 0.0105. The summed E-state index contributed by atoms with van der Waals surface area (Å²) in [6, 6.07) is 11.3. The molecular formula is C23H26N2O3. The first-order chi connectivity index (χ1) is 13.5. The van der Waals surface area contributed by atoms with Crippen LogP contribution in [0, 0.1) is 11.8 Å². The number of rotatable bonds is 3. The van der Waals surface area contributed by atoms with Gasteiger partial charge in [0.25, 0.3) is 5.91 Å². The van der Waals surface area contributed by atoms with Gasteiger partial charge >= 0.3 is 0 Å². The quantitative estimate of drug-likeness (QED) is 0.892. The number of amides is 2. The molecule has 0 aromatic heterocycles. The average Bonchev–Trinajstić information content (AvgIpc) is 3.32. The third-order valence-electron chi connectivity index (χ3n) is 7.20. The van der Waals surface area contributed by atoms with Crippen LogP contribution in [0.5, 0.6) is 0 Å². The van der Waals surface area contributed by atoms with Crippen molar-refractivity contribution in [3.05, 3.63) is 42.0 Å². The minimum Gasteiger partial charge on any atom is -0.393 e. The van der Waals surface area contributed by atoms with Crippen LogP contribution >= 0.6 is 0 Å². The minimum atomic E-state index is -0.540. The molecule has 0 bridgehead atoms. The fraction of sp³-hybridized carbons (Fsp3) is 0.478. The zero-order valence-electron chi connectivity index (χ0n) is 16.3. The van der Waals surface area contributed by atoms with Crippen molar-refractivity contribution < 1.29 is 14.7 Å². The largest absolute Gasteiger partial charge is 0.393 e. The number of carbonyl (C=O) groups excluding carboxylic acids is 2. The van der Waals surface area contributed by atoms with E-state index < -0.39 is 6.04 Å². The van der Waals surface area contributed by atoms with Crippen LogP contribution in [-0.4, -0.2) is 47.1 Å². The highest BCUT2D eigenvalue weighted by Crippen LogP contribution is 2.46. The summed E-state index contributed by atoms with van der Waals surface area (Å²) in [7, 11) is 1.87. The summed E-state index contributed by atoms with van der Waals surface area (Å²) in [6.45, 7) is 1.83. The van der Waals surface area contributed by atoms with E-state index in [1.807, 2.05) is 55.3 Å².